The van der Waals surface area contributed by atoms with Gasteiger partial charge in [-0.3, -0.25) is 4.79 Å². The van der Waals surface area contributed by atoms with E-state index in [0.717, 1.165) is 12.3 Å². The Balaban J connectivity index is 2.28. The summed E-state index contributed by atoms with van der Waals surface area (Å²) in [5.41, 5.74) is 1.55. The van der Waals surface area contributed by atoms with Crippen molar-refractivity contribution in [2.45, 2.75) is 47.0 Å². The maximum atomic E-state index is 11.8. The molecule has 0 amide bonds. The second kappa shape index (κ2) is 4.35. The summed E-state index contributed by atoms with van der Waals surface area (Å²) in [5, 5.41) is 0. The maximum Gasteiger partial charge on any atom is 0.133 e. The molecule has 1 nitrogen and oxygen atoms in total. The normalized spacial score (nSPS) is 38.4. The smallest absolute Gasteiger partial charge is 0.133 e. The molecule has 16 heavy (non-hydrogen) atoms. The fourth-order valence-corrected chi connectivity index (χ4v) is 3.97. The molecule has 0 aliphatic heterocycles. The molecule has 0 saturated heterocycles. The van der Waals surface area contributed by atoms with Gasteiger partial charge in [0.2, 0.25) is 0 Å². The van der Waals surface area contributed by atoms with Gasteiger partial charge in [-0.2, -0.15) is 0 Å². The Hall–Kier alpha value is -0.590. The van der Waals surface area contributed by atoms with Gasteiger partial charge in [-0.15, -0.1) is 0 Å². The standard InChI is InChI=1S/C15H24O/c1-9(2)12-6-5-10(3)13-7-8-14(11(4)16)15(12)13/h5,9,12-15H,6-8H2,1-4H3/t12-,13-,14+,15+/m0/s1. The molecule has 90 valence electrons. The summed E-state index contributed by atoms with van der Waals surface area (Å²) >= 11 is 0. The van der Waals surface area contributed by atoms with Crippen LogP contribution in [0.15, 0.2) is 11.6 Å². The minimum absolute atomic E-state index is 0.348. The SMILES string of the molecule is CC(=O)[C@H]1CC[C@H]2C(C)=CC[C@@H](C(C)C)[C@@H]12. The molecule has 4 atom stereocenters. The van der Waals surface area contributed by atoms with E-state index in [1.54, 1.807) is 12.5 Å². The van der Waals surface area contributed by atoms with Crippen LogP contribution in [0.2, 0.25) is 0 Å². The van der Waals surface area contributed by atoms with Crippen LogP contribution in [0.25, 0.3) is 0 Å². The molecule has 0 heterocycles. The fraction of sp³-hybridized carbons (Fsp3) is 0.800. The van der Waals surface area contributed by atoms with E-state index >= 15 is 0 Å². The highest BCUT2D eigenvalue weighted by Gasteiger charge is 2.45. The van der Waals surface area contributed by atoms with Crippen molar-refractivity contribution < 1.29 is 4.79 Å². The molecule has 0 bridgehead atoms. The third-order valence-electron chi connectivity index (χ3n) is 4.89. The lowest BCUT2D eigenvalue weighted by Crippen LogP contribution is -2.33. The van der Waals surface area contributed by atoms with E-state index < -0.39 is 0 Å². The second-order valence-corrected chi connectivity index (χ2v) is 6.07. The van der Waals surface area contributed by atoms with Gasteiger partial charge in [0.25, 0.3) is 0 Å². The van der Waals surface area contributed by atoms with E-state index in [2.05, 4.69) is 26.8 Å². The summed E-state index contributed by atoms with van der Waals surface area (Å²) in [5.74, 6) is 3.55. The van der Waals surface area contributed by atoms with Gasteiger partial charge in [0, 0.05) is 5.92 Å². The molecule has 0 aromatic rings. The Bertz CT molecular complexity index is 313. The van der Waals surface area contributed by atoms with Crippen LogP contribution in [-0.2, 0) is 4.79 Å². The van der Waals surface area contributed by atoms with Crippen LogP contribution in [0.5, 0.6) is 0 Å². The van der Waals surface area contributed by atoms with Gasteiger partial charge in [-0.05, 0) is 56.8 Å². The van der Waals surface area contributed by atoms with Crippen molar-refractivity contribution in [3.63, 3.8) is 0 Å². The number of fused-ring (bicyclic) bond motifs is 1. The van der Waals surface area contributed by atoms with Crippen LogP contribution in [0, 0.1) is 29.6 Å². The number of Topliss-reactive ketones (excluding diaryl/α,β-unsaturated/α-hetero) is 1. The molecule has 0 unspecified atom stereocenters. The van der Waals surface area contributed by atoms with Gasteiger partial charge in [-0.25, -0.2) is 0 Å². The van der Waals surface area contributed by atoms with E-state index in [9.17, 15) is 4.79 Å². The van der Waals surface area contributed by atoms with E-state index in [1.807, 2.05) is 0 Å². The number of carbonyl (C=O) groups is 1. The monoisotopic (exact) mass is 220 g/mol. The average molecular weight is 220 g/mol. The number of hydrogen-bond acceptors (Lipinski definition) is 1. The van der Waals surface area contributed by atoms with Crippen molar-refractivity contribution in [3.05, 3.63) is 11.6 Å². The van der Waals surface area contributed by atoms with E-state index in [0.29, 0.717) is 29.5 Å². The molecule has 0 N–H and O–H groups in total. The predicted molar refractivity (Wildman–Crippen MR) is 67.1 cm³/mol. The number of ketones is 1. The molecule has 1 heteroatoms. The van der Waals surface area contributed by atoms with Crippen LogP contribution >= 0.6 is 0 Å². The zero-order valence-corrected chi connectivity index (χ0v) is 11.0. The zero-order valence-electron chi connectivity index (χ0n) is 11.0. The van der Waals surface area contributed by atoms with Crippen LogP contribution < -0.4 is 0 Å². The molecule has 2 aliphatic carbocycles. The predicted octanol–water partition coefficient (Wildman–Crippen LogP) is 3.84. The Labute approximate surface area is 99.3 Å². The Morgan fingerprint density at radius 3 is 2.62 bits per heavy atom. The van der Waals surface area contributed by atoms with Crippen LogP contribution in [0.1, 0.15) is 47.0 Å². The molecular weight excluding hydrogens is 196 g/mol. The van der Waals surface area contributed by atoms with Crippen LogP contribution in [0.3, 0.4) is 0 Å². The van der Waals surface area contributed by atoms with Crippen molar-refractivity contribution in [2.24, 2.45) is 29.6 Å². The first-order chi connectivity index (χ1) is 7.52. The van der Waals surface area contributed by atoms with E-state index in [4.69, 9.17) is 0 Å². The first-order valence-electron chi connectivity index (χ1n) is 6.69. The van der Waals surface area contributed by atoms with Crippen molar-refractivity contribution in [1.82, 2.24) is 0 Å². The first-order valence-corrected chi connectivity index (χ1v) is 6.69. The molecule has 1 saturated carbocycles. The molecule has 1 fully saturated rings. The number of hydrogen-bond donors (Lipinski definition) is 0. The quantitative estimate of drug-likeness (QED) is 0.646. The molecular formula is C15H24O. The van der Waals surface area contributed by atoms with Gasteiger partial charge in [0.1, 0.15) is 5.78 Å². The molecule has 0 spiro atoms. The van der Waals surface area contributed by atoms with Crippen LogP contribution in [0.4, 0.5) is 0 Å². The molecule has 2 aliphatic rings. The Morgan fingerprint density at radius 1 is 1.38 bits per heavy atom. The molecule has 0 aromatic heterocycles. The topological polar surface area (TPSA) is 17.1 Å². The van der Waals surface area contributed by atoms with Gasteiger partial charge < -0.3 is 0 Å². The largest absolute Gasteiger partial charge is 0.300 e. The summed E-state index contributed by atoms with van der Waals surface area (Å²) in [6, 6.07) is 0. The van der Waals surface area contributed by atoms with E-state index in [-0.39, 0.29) is 0 Å². The number of rotatable bonds is 2. The molecule has 2 rings (SSSR count). The summed E-state index contributed by atoms with van der Waals surface area (Å²) in [7, 11) is 0. The zero-order chi connectivity index (χ0) is 11.9. The minimum atomic E-state index is 0.348. The summed E-state index contributed by atoms with van der Waals surface area (Å²) in [6.07, 6.45) is 5.97. The van der Waals surface area contributed by atoms with Gasteiger partial charge in [0.15, 0.2) is 0 Å². The van der Waals surface area contributed by atoms with E-state index in [1.165, 1.54) is 12.8 Å². The molecule has 0 radical (unpaired) electrons. The highest BCUT2D eigenvalue weighted by Crippen LogP contribution is 2.51. The summed E-state index contributed by atoms with van der Waals surface area (Å²) in [6.45, 7) is 8.67. The highest BCUT2D eigenvalue weighted by molar-refractivity contribution is 5.79. The van der Waals surface area contributed by atoms with Crippen LogP contribution in [-0.4, -0.2) is 5.78 Å². The maximum absolute atomic E-state index is 11.8. The summed E-state index contributed by atoms with van der Waals surface area (Å²) < 4.78 is 0. The average Bonchev–Trinajstić information content (AvgIpc) is 2.62. The van der Waals surface area contributed by atoms with Gasteiger partial charge in [-0.1, -0.05) is 25.5 Å². The second-order valence-electron chi connectivity index (χ2n) is 6.07. The van der Waals surface area contributed by atoms with Crippen molar-refractivity contribution in [3.8, 4) is 0 Å². The Morgan fingerprint density at radius 2 is 2.06 bits per heavy atom. The lowest BCUT2D eigenvalue weighted by molar-refractivity contribution is -0.122. The van der Waals surface area contributed by atoms with Gasteiger partial charge >= 0.3 is 0 Å². The third kappa shape index (κ3) is 1.85. The first kappa shape index (κ1) is 11.9. The minimum Gasteiger partial charge on any atom is -0.300 e. The number of allylic oxidation sites excluding steroid dienone is 2. The summed E-state index contributed by atoms with van der Waals surface area (Å²) in [4.78, 5) is 11.8. The lowest BCUT2D eigenvalue weighted by atomic mass is 9.66. The lowest BCUT2D eigenvalue weighted by Gasteiger charge is -2.38. The fourth-order valence-electron chi connectivity index (χ4n) is 3.97. The molecule has 0 aromatic carbocycles. The Kier molecular flexibility index (Phi) is 3.23. The van der Waals surface area contributed by atoms with Crippen molar-refractivity contribution >= 4 is 5.78 Å². The highest BCUT2D eigenvalue weighted by atomic mass is 16.1. The van der Waals surface area contributed by atoms with Crippen molar-refractivity contribution in [1.29, 1.82) is 0 Å². The number of carbonyl (C=O) groups excluding carboxylic acids is 1. The van der Waals surface area contributed by atoms with Gasteiger partial charge in [0.05, 0.1) is 0 Å². The van der Waals surface area contributed by atoms with Crippen molar-refractivity contribution in [2.75, 3.05) is 0 Å². The third-order valence-corrected chi connectivity index (χ3v) is 4.89.